The summed E-state index contributed by atoms with van der Waals surface area (Å²) in [5.41, 5.74) is -0.712. The molecule has 0 bridgehead atoms. The third-order valence-corrected chi connectivity index (χ3v) is 7.86. The van der Waals surface area contributed by atoms with E-state index in [0.29, 0.717) is 0 Å². The predicted octanol–water partition coefficient (Wildman–Crippen LogP) is 7.00. The van der Waals surface area contributed by atoms with Crippen LogP contribution in [-0.2, 0) is 6.18 Å². The molecule has 0 fully saturated rings. The molecular formula is C35H15F3N4O5. The fourth-order valence-corrected chi connectivity index (χ4v) is 5.72. The van der Waals surface area contributed by atoms with Crippen LogP contribution in [0.1, 0.15) is 58.1 Å². The van der Waals surface area contributed by atoms with E-state index in [1.54, 1.807) is 0 Å². The molecule has 0 unspecified atom stereocenters. The number of carbonyl (C=O) groups is 4. The second-order valence-electron chi connectivity index (χ2n) is 10.5. The first-order valence-corrected chi connectivity index (χ1v) is 13.8. The molecule has 0 atom stereocenters. The number of imide groups is 2. The van der Waals surface area contributed by atoms with E-state index in [1.165, 1.54) is 72.8 Å². The van der Waals surface area contributed by atoms with E-state index in [2.05, 4.69) is 0 Å². The maximum Gasteiger partial charge on any atom is 0.416 e. The first-order chi connectivity index (χ1) is 22.5. The predicted molar refractivity (Wildman–Crippen MR) is 160 cm³/mol. The molecule has 4 amide bonds. The zero-order valence-electron chi connectivity index (χ0n) is 23.6. The Morgan fingerprint density at radius 2 is 1.11 bits per heavy atom. The summed E-state index contributed by atoms with van der Waals surface area (Å²) in [4.78, 5) is 57.6. The number of rotatable bonds is 4. The van der Waals surface area contributed by atoms with Crippen LogP contribution >= 0.6 is 0 Å². The Bertz CT molecular complexity index is 2320. The van der Waals surface area contributed by atoms with Gasteiger partial charge in [0.1, 0.15) is 11.5 Å². The van der Waals surface area contributed by atoms with Gasteiger partial charge >= 0.3 is 6.18 Å². The Labute approximate surface area is 262 Å². The average Bonchev–Trinajstić information content (AvgIpc) is 3.07. The van der Waals surface area contributed by atoms with Gasteiger partial charge in [0.05, 0.1) is 51.3 Å². The summed E-state index contributed by atoms with van der Waals surface area (Å²) >= 11 is 0. The fourth-order valence-electron chi connectivity index (χ4n) is 5.72. The molecule has 7 rings (SSSR count). The van der Waals surface area contributed by atoms with Crippen molar-refractivity contribution in [2.24, 2.45) is 0 Å². The molecule has 5 aromatic carbocycles. The summed E-state index contributed by atoms with van der Waals surface area (Å²) < 4.78 is 46.6. The Balaban J connectivity index is 1.47. The normalized spacial score (nSPS) is 13.9. The lowest BCUT2D eigenvalue weighted by atomic mass is 9.85. The number of nitrogens with zero attached hydrogens (tertiary/aromatic N) is 4. The quantitative estimate of drug-likeness (QED) is 0.196. The van der Waals surface area contributed by atoms with Crippen molar-refractivity contribution in [2.75, 3.05) is 9.80 Å². The van der Waals surface area contributed by atoms with Crippen LogP contribution in [0.25, 0.3) is 10.8 Å². The van der Waals surface area contributed by atoms with Gasteiger partial charge in [-0.25, -0.2) is 9.80 Å². The van der Waals surface area contributed by atoms with Crippen LogP contribution in [0.15, 0.2) is 91.0 Å². The topological polar surface area (TPSA) is 132 Å². The summed E-state index contributed by atoms with van der Waals surface area (Å²) in [5.74, 6) is -3.96. The number of hydrogen-bond donors (Lipinski definition) is 0. The summed E-state index contributed by atoms with van der Waals surface area (Å²) in [6.45, 7) is 0. The van der Waals surface area contributed by atoms with Gasteiger partial charge in [-0.05, 0) is 84.9 Å². The summed E-state index contributed by atoms with van der Waals surface area (Å²) in [6, 6.07) is 22.9. The molecule has 0 aliphatic carbocycles. The number of anilines is 2. The van der Waals surface area contributed by atoms with Crippen LogP contribution in [0.3, 0.4) is 0 Å². The maximum atomic E-state index is 14.2. The molecular weight excluding hydrogens is 613 g/mol. The van der Waals surface area contributed by atoms with Crippen LogP contribution in [-0.4, -0.2) is 23.6 Å². The van der Waals surface area contributed by atoms with Crippen LogP contribution in [0.2, 0.25) is 0 Å². The standard InChI is InChI=1S/C35H15F3N4O5/c36-35(37,38)20-2-1-3-23(14-20)47-27-15-26-28-24(31(43)41(33(26)45)21-8-4-18(16-39)5-9-21)12-13-25-29(28)30(27)34(46)42(32(25)44)22-10-6-19(17-40)7-11-22/h1-15H. The maximum absolute atomic E-state index is 14.2. The number of amides is 4. The van der Waals surface area contributed by atoms with Crippen molar-refractivity contribution in [3.63, 3.8) is 0 Å². The fraction of sp³-hybridized carbons (Fsp3) is 0.0286. The lowest BCUT2D eigenvalue weighted by molar-refractivity contribution is -0.137. The number of benzene rings is 5. The second kappa shape index (κ2) is 10.4. The second-order valence-corrected chi connectivity index (χ2v) is 10.5. The zero-order valence-corrected chi connectivity index (χ0v) is 23.6. The number of alkyl halides is 3. The summed E-state index contributed by atoms with van der Waals surface area (Å²) in [5, 5.41) is 18.3. The summed E-state index contributed by atoms with van der Waals surface area (Å²) in [6.07, 6.45) is -4.71. The van der Waals surface area contributed by atoms with Crippen molar-refractivity contribution in [3.05, 3.63) is 130 Å². The molecule has 9 nitrogen and oxygen atoms in total. The number of ether oxygens (including phenoxy) is 1. The molecule has 0 aromatic heterocycles. The Morgan fingerprint density at radius 3 is 1.64 bits per heavy atom. The molecule has 0 N–H and O–H groups in total. The molecule has 0 radical (unpaired) electrons. The minimum atomic E-state index is -4.71. The minimum Gasteiger partial charge on any atom is -0.456 e. The van der Waals surface area contributed by atoms with Crippen LogP contribution in [0.4, 0.5) is 24.5 Å². The molecule has 0 saturated heterocycles. The van der Waals surface area contributed by atoms with Crippen molar-refractivity contribution in [1.29, 1.82) is 10.5 Å². The highest BCUT2D eigenvalue weighted by Gasteiger charge is 2.43. The Kier molecular flexibility index (Phi) is 6.40. The van der Waals surface area contributed by atoms with E-state index in [0.717, 1.165) is 28.0 Å². The number of hydrogen-bond acceptors (Lipinski definition) is 7. The zero-order chi connectivity index (χ0) is 33.2. The smallest absolute Gasteiger partial charge is 0.416 e. The van der Waals surface area contributed by atoms with Crippen LogP contribution in [0, 0.1) is 22.7 Å². The Morgan fingerprint density at radius 1 is 0.596 bits per heavy atom. The lowest BCUT2D eigenvalue weighted by Gasteiger charge is -2.33. The van der Waals surface area contributed by atoms with E-state index >= 15 is 0 Å². The third kappa shape index (κ3) is 4.47. The lowest BCUT2D eigenvalue weighted by Crippen LogP contribution is -2.43. The summed E-state index contributed by atoms with van der Waals surface area (Å²) in [7, 11) is 0. The van der Waals surface area contributed by atoms with Gasteiger partial charge in [0.15, 0.2) is 0 Å². The number of halogens is 3. The molecule has 0 spiro atoms. The Hall–Kier alpha value is -6.79. The SMILES string of the molecule is N#Cc1ccc(N2C(=O)c3ccc4c5c(c(Oc6cccc(C(F)(F)F)c6)cc(c35)C2=O)C(=O)N(c2ccc(C#N)cc2)C4=O)cc1. The average molecular weight is 629 g/mol. The van der Waals surface area contributed by atoms with Gasteiger partial charge < -0.3 is 4.74 Å². The number of carbonyl (C=O) groups excluding carboxylic acids is 4. The first-order valence-electron chi connectivity index (χ1n) is 13.8. The highest BCUT2D eigenvalue weighted by atomic mass is 19.4. The molecule has 2 aliphatic rings. The van der Waals surface area contributed by atoms with Crippen LogP contribution in [0.5, 0.6) is 11.5 Å². The third-order valence-electron chi connectivity index (χ3n) is 7.86. The largest absolute Gasteiger partial charge is 0.456 e. The molecule has 2 aliphatic heterocycles. The molecule has 2 heterocycles. The van der Waals surface area contributed by atoms with Gasteiger partial charge in [-0.1, -0.05) is 6.07 Å². The highest BCUT2D eigenvalue weighted by Crippen LogP contribution is 2.45. The molecule has 5 aromatic rings. The van der Waals surface area contributed by atoms with Crippen molar-refractivity contribution in [1.82, 2.24) is 0 Å². The monoisotopic (exact) mass is 628 g/mol. The van der Waals surface area contributed by atoms with E-state index < -0.39 is 35.4 Å². The van der Waals surface area contributed by atoms with E-state index in [-0.39, 0.29) is 67.0 Å². The first kappa shape index (κ1) is 29.0. The molecule has 12 heteroatoms. The molecule has 0 saturated carbocycles. The van der Waals surface area contributed by atoms with Gasteiger partial charge in [-0.3, -0.25) is 19.2 Å². The van der Waals surface area contributed by atoms with Gasteiger partial charge in [-0.15, -0.1) is 0 Å². The van der Waals surface area contributed by atoms with Gasteiger partial charge in [-0.2, -0.15) is 23.7 Å². The van der Waals surface area contributed by atoms with E-state index in [9.17, 15) is 42.9 Å². The molecule has 47 heavy (non-hydrogen) atoms. The van der Waals surface area contributed by atoms with Gasteiger partial charge in [0.25, 0.3) is 23.6 Å². The van der Waals surface area contributed by atoms with Crippen molar-refractivity contribution in [3.8, 4) is 23.6 Å². The van der Waals surface area contributed by atoms with Crippen LogP contribution < -0.4 is 14.5 Å². The van der Waals surface area contributed by atoms with Gasteiger partial charge in [0, 0.05) is 21.9 Å². The molecule has 226 valence electrons. The minimum absolute atomic E-state index is 0.00923. The highest BCUT2D eigenvalue weighted by molar-refractivity contribution is 6.42. The van der Waals surface area contributed by atoms with E-state index in [4.69, 9.17) is 4.74 Å². The van der Waals surface area contributed by atoms with Crippen molar-refractivity contribution < 1.29 is 37.1 Å². The number of nitriles is 2. The van der Waals surface area contributed by atoms with Gasteiger partial charge in [0.2, 0.25) is 0 Å². The van der Waals surface area contributed by atoms with E-state index in [1.807, 2.05) is 12.1 Å². The van der Waals surface area contributed by atoms with Crippen molar-refractivity contribution >= 4 is 45.8 Å². The van der Waals surface area contributed by atoms with Crippen molar-refractivity contribution in [2.45, 2.75) is 6.18 Å².